The summed E-state index contributed by atoms with van der Waals surface area (Å²) in [6, 6.07) is 6.01. The van der Waals surface area contributed by atoms with Crippen molar-refractivity contribution in [3.63, 3.8) is 0 Å². The van der Waals surface area contributed by atoms with E-state index in [2.05, 4.69) is 0 Å². The molecule has 0 spiro atoms. The Morgan fingerprint density at radius 1 is 1.25 bits per heavy atom. The van der Waals surface area contributed by atoms with Gasteiger partial charge in [0.2, 0.25) is 0 Å². The van der Waals surface area contributed by atoms with Gasteiger partial charge in [0.25, 0.3) is 0 Å². The number of rotatable bonds is 5. The zero-order valence-electron chi connectivity index (χ0n) is 10.5. The molecule has 90 valence electrons. The Bertz CT molecular complexity index is 335. The lowest BCUT2D eigenvalue weighted by atomic mass is 10.1. The van der Waals surface area contributed by atoms with Crippen LogP contribution in [0.25, 0.3) is 0 Å². The minimum absolute atomic E-state index is 0.113. The molecule has 16 heavy (non-hydrogen) atoms. The molecule has 1 aromatic carbocycles. The Kier molecular flexibility index (Phi) is 4.62. The van der Waals surface area contributed by atoms with E-state index in [4.69, 9.17) is 15.2 Å². The van der Waals surface area contributed by atoms with E-state index >= 15 is 0 Å². The van der Waals surface area contributed by atoms with Gasteiger partial charge in [0.1, 0.15) is 0 Å². The van der Waals surface area contributed by atoms with Crippen LogP contribution in [0.15, 0.2) is 18.2 Å². The fourth-order valence-electron chi connectivity index (χ4n) is 1.60. The second-order valence-electron chi connectivity index (χ2n) is 4.30. The summed E-state index contributed by atoms with van der Waals surface area (Å²) in [5, 5.41) is 0. The fourth-order valence-corrected chi connectivity index (χ4v) is 1.60. The molecule has 0 amide bonds. The van der Waals surface area contributed by atoms with Crippen LogP contribution in [0.3, 0.4) is 0 Å². The Labute approximate surface area is 97.6 Å². The van der Waals surface area contributed by atoms with Gasteiger partial charge in [-0.15, -0.1) is 0 Å². The standard InChI is InChI=1S/C13H21NO2/c1-9(2)16-13-11(8-10(3)14)6-5-7-12(13)15-4/h5-7,9-10H,8,14H2,1-4H3. The lowest BCUT2D eigenvalue weighted by Gasteiger charge is -2.18. The number of ether oxygens (including phenoxy) is 2. The fraction of sp³-hybridized carbons (Fsp3) is 0.538. The van der Waals surface area contributed by atoms with Crippen LogP contribution in [-0.4, -0.2) is 19.3 Å². The average molecular weight is 223 g/mol. The van der Waals surface area contributed by atoms with Gasteiger partial charge in [-0.25, -0.2) is 0 Å². The van der Waals surface area contributed by atoms with E-state index in [0.717, 1.165) is 23.5 Å². The maximum atomic E-state index is 5.82. The molecule has 0 aliphatic heterocycles. The molecular weight excluding hydrogens is 202 g/mol. The van der Waals surface area contributed by atoms with Crippen LogP contribution in [0.1, 0.15) is 26.3 Å². The molecule has 0 fully saturated rings. The van der Waals surface area contributed by atoms with E-state index in [-0.39, 0.29) is 12.1 Å². The van der Waals surface area contributed by atoms with Gasteiger partial charge in [-0.2, -0.15) is 0 Å². The molecule has 1 rings (SSSR count). The van der Waals surface area contributed by atoms with Crippen molar-refractivity contribution in [1.29, 1.82) is 0 Å². The second-order valence-corrected chi connectivity index (χ2v) is 4.30. The molecule has 0 saturated carbocycles. The predicted octanol–water partition coefficient (Wildman–Crippen LogP) is 2.37. The molecule has 2 N–H and O–H groups in total. The van der Waals surface area contributed by atoms with Gasteiger partial charge < -0.3 is 15.2 Å². The number of methoxy groups -OCH3 is 1. The van der Waals surface area contributed by atoms with E-state index in [1.807, 2.05) is 39.0 Å². The van der Waals surface area contributed by atoms with Gasteiger partial charge in [0.05, 0.1) is 13.2 Å². The average Bonchev–Trinajstić information content (AvgIpc) is 2.19. The normalized spacial score (nSPS) is 12.6. The summed E-state index contributed by atoms with van der Waals surface area (Å²) in [4.78, 5) is 0. The number of nitrogens with two attached hydrogens (primary N) is 1. The van der Waals surface area contributed by atoms with Gasteiger partial charge in [-0.1, -0.05) is 12.1 Å². The van der Waals surface area contributed by atoms with Crippen molar-refractivity contribution in [2.75, 3.05) is 7.11 Å². The first-order chi connectivity index (χ1) is 7.54. The molecular formula is C13H21NO2. The molecule has 1 atom stereocenters. The first-order valence-corrected chi connectivity index (χ1v) is 5.62. The zero-order valence-corrected chi connectivity index (χ0v) is 10.5. The molecule has 0 aliphatic rings. The summed E-state index contributed by atoms with van der Waals surface area (Å²) in [6.07, 6.45) is 0.919. The summed E-state index contributed by atoms with van der Waals surface area (Å²) in [7, 11) is 1.65. The van der Waals surface area contributed by atoms with Crippen molar-refractivity contribution < 1.29 is 9.47 Å². The number of para-hydroxylation sites is 1. The van der Waals surface area contributed by atoms with Crippen molar-refractivity contribution in [3.8, 4) is 11.5 Å². The lowest BCUT2D eigenvalue weighted by molar-refractivity contribution is 0.227. The molecule has 3 heteroatoms. The highest BCUT2D eigenvalue weighted by Gasteiger charge is 2.12. The summed E-state index contributed by atoms with van der Waals surface area (Å²) in [5.74, 6) is 1.59. The molecule has 1 aromatic rings. The minimum atomic E-state index is 0.113. The van der Waals surface area contributed by atoms with Crippen molar-refractivity contribution in [2.45, 2.75) is 39.3 Å². The van der Waals surface area contributed by atoms with Crippen LogP contribution < -0.4 is 15.2 Å². The molecule has 0 aromatic heterocycles. The largest absolute Gasteiger partial charge is 0.493 e. The SMILES string of the molecule is COc1cccc(CC(C)N)c1OC(C)C. The first kappa shape index (κ1) is 12.8. The van der Waals surface area contributed by atoms with Gasteiger partial charge in [-0.05, 0) is 38.8 Å². The Hall–Kier alpha value is -1.22. The van der Waals surface area contributed by atoms with E-state index in [0.29, 0.717) is 0 Å². The molecule has 0 bridgehead atoms. The van der Waals surface area contributed by atoms with E-state index in [1.54, 1.807) is 7.11 Å². The van der Waals surface area contributed by atoms with E-state index in [9.17, 15) is 0 Å². The van der Waals surface area contributed by atoms with Gasteiger partial charge in [0.15, 0.2) is 11.5 Å². The Balaban J connectivity index is 3.04. The monoisotopic (exact) mass is 223 g/mol. The lowest BCUT2D eigenvalue weighted by Crippen LogP contribution is -2.19. The van der Waals surface area contributed by atoms with Crippen LogP contribution in [0.4, 0.5) is 0 Å². The van der Waals surface area contributed by atoms with Gasteiger partial charge in [-0.3, -0.25) is 0 Å². The Morgan fingerprint density at radius 3 is 2.44 bits per heavy atom. The maximum absolute atomic E-state index is 5.82. The van der Waals surface area contributed by atoms with Crippen molar-refractivity contribution in [3.05, 3.63) is 23.8 Å². The summed E-state index contributed by atoms with van der Waals surface area (Å²) in [5.41, 5.74) is 6.92. The first-order valence-electron chi connectivity index (χ1n) is 5.62. The van der Waals surface area contributed by atoms with E-state index < -0.39 is 0 Å². The van der Waals surface area contributed by atoms with Crippen LogP contribution in [0, 0.1) is 0 Å². The Morgan fingerprint density at radius 2 is 1.94 bits per heavy atom. The van der Waals surface area contributed by atoms with Crippen molar-refractivity contribution in [1.82, 2.24) is 0 Å². The van der Waals surface area contributed by atoms with Crippen LogP contribution in [0.5, 0.6) is 11.5 Å². The highest BCUT2D eigenvalue weighted by Crippen LogP contribution is 2.32. The summed E-state index contributed by atoms with van der Waals surface area (Å²) < 4.78 is 11.1. The van der Waals surface area contributed by atoms with E-state index in [1.165, 1.54) is 0 Å². The second kappa shape index (κ2) is 5.75. The third-order valence-corrected chi connectivity index (χ3v) is 2.18. The third kappa shape index (κ3) is 3.42. The van der Waals surface area contributed by atoms with Gasteiger partial charge >= 0.3 is 0 Å². The number of hydrogen-bond donors (Lipinski definition) is 1. The highest BCUT2D eigenvalue weighted by atomic mass is 16.5. The maximum Gasteiger partial charge on any atom is 0.164 e. The summed E-state index contributed by atoms with van der Waals surface area (Å²) >= 11 is 0. The van der Waals surface area contributed by atoms with Gasteiger partial charge in [0, 0.05) is 6.04 Å². The van der Waals surface area contributed by atoms with Crippen molar-refractivity contribution >= 4 is 0 Å². The minimum Gasteiger partial charge on any atom is -0.493 e. The quantitative estimate of drug-likeness (QED) is 0.833. The van der Waals surface area contributed by atoms with Crippen molar-refractivity contribution in [2.24, 2.45) is 5.73 Å². The van der Waals surface area contributed by atoms with Crippen LogP contribution >= 0.6 is 0 Å². The molecule has 0 aliphatic carbocycles. The van der Waals surface area contributed by atoms with Crippen LogP contribution in [0.2, 0.25) is 0 Å². The van der Waals surface area contributed by atoms with Crippen LogP contribution in [-0.2, 0) is 6.42 Å². The highest BCUT2D eigenvalue weighted by molar-refractivity contribution is 5.47. The molecule has 1 unspecified atom stereocenters. The summed E-state index contributed by atoms with van der Waals surface area (Å²) in [6.45, 7) is 5.99. The smallest absolute Gasteiger partial charge is 0.164 e. The topological polar surface area (TPSA) is 44.5 Å². The molecule has 0 heterocycles. The predicted molar refractivity (Wildman–Crippen MR) is 66.1 cm³/mol. The zero-order chi connectivity index (χ0) is 12.1. The molecule has 0 saturated heterocycles. The molecule has 0 radical (unpaired) electrons. The molecule has 3 nitrogen and oxygen atoms in total. The third-order valence-electron chi connectivity index (χ3n) is 2.18. The number of hydrogen-bond acceptors (Lipinski definition) is 3. The number of benzene rings is 1.